The van der Waals surface area contributed by atoms with Crippen molar-refractivity contribution in [1.29, 1.82) is 0 Å². The molecule has 2 aromatic rings. The lowest BCUT2D eigenvalue weighted by Gasteiger charge is -2.23. The lowest BCUT2D eigenvalue weighted by atomic mass is 10.1. The second-order valence-corrected chi connectivity index (χ2v) is 5.21. The summed E-state index contributed by atoms with van der Waals surface area (Å²) >= 11 is 0. The molecule has 0 bridgehead atoms. The molecule has 0 saturated heterocycles. The molecule has 4 heteroatoms. The van der Waals surface area contributed by atoms with Crippen LogP contribution in [-0.4, -0.2) is 22.6 Å². The van der Waals surface area contributed by atoms with E-state index in [2.05, 4.69) is 17.9 Å². The minimum absolute atomic E-state index is 0.0492. The fraction of sp³-hybridized carbons (Fsp3) is 0.353. The molecule has 0 unspecified atom stereocenters. The van der Waals surface area contributed by atoms with E-state index in [1.807, 2.05) is 30.5 Å². The molecule has 1 heterocycles. The monoisotopic (exact) mass is 285 g/mol. The Balaban J connectivity index is 2.01. The molecule has 0 aliphatic rings. The predicted octanol–water partition coefficient (Wildman–Crippen LogP) is 2.34. The molecular weight excluding hydrogens is 262 g/mol. The molecular formula is C17H23N3O. The number of aromatic nitrogens is 1. The van der Waals surface area contributed by atoms with Crippen molar-refractivity contribution in [3.63, 3.8) is 0 Å². The Morgan fingerprint density at radius 1 is 1.10 bits per heavy atom. The first-order valence-corrected chi connectivity index (χ1v) is 7.42. The summed E-state index contributed by atoms with van der Waals surface area (Å²) in [6.45, 7) is 5.52. The Morgan fingerprint density at radius 3 is 2.57 bits per heavy atom. The van der Waals surface area contributed by atoms with E-state index < -0.39 is 0 Å². The van der Waals surface area contributed by atoms with Gasteiger partial charge in [0.2, 0.25) is 0 Å². The highest BCUT2D eigenvalue weighted by molar-refractivity contribution is 5.46. The van der Waals surface area contributed by atoms with E-state index in [1.54, 1.807) is 16.7 Å². The van der Waals surface area contributed by atoms with Crippen molar-refractivity contribution >= 4 is 5.69 Å². The highest BCUT2D eigenvalue weighted by Gasteiger charge is 2.07. The maximum atomic E-state index is 11.7. The van der Waals surface area contributed by atoms with Gasteiger partial charge in [-0.1, -0.05) is 31.2 Å². The maximum absolute atomic E-state index is 11.7. The zero-order valence-electron chi connectivity index (χ0n) is 12.5. The van der Waals surface area contributed by atoms with Crippen molar-refractivity contribution in [3.8, 4) is 0 Å². The van der Waals surface area contributed by atoms with Crippen LogP contribution in [0.1, 0.15) is 18.9 Å². The van der Waals surface area contributed by atoms with Gasteiger partial charge in [-0.15, -0.1) is 0 Å². The topological polar surface area (TPSA) is 51.3 Å². The molecule has 0 aliphatic heterocycles. The number of nitrogens with two attached hydrogens (primary N) is 1. The average molecular weight is 285 g/mol. The summed E-state index contributed by atoms with van der Waals surface area (Å²) in [6.07, 6.45) is 2.92. The number of pyridine rings is 1. The summed E-state index contributed by atoms with van der Waals surface area (Å²) in [7, 11) is 0. The molecule has 0 amide bonds. The lowest BCUT2D eigenvalue weighted by Crippen LogP contribution is -2.31. The molecule has 0 spiro atoms. The highest BCUT2D eigenvalue weighted by Crippen LogP contribution is 2.13. The highest BCUT2D eigenvalue weighted by atomic mass is 16.1. The Bertz CT molecular complexity index is 621. The van der Waals surface area contributed by atoms with Crippen LogP contribution in [0.2, 0.25) is 0 Å². The van der Waals surface area contributed by atoms with Crippen LogP contribution in [0.4, 0.5) is 5.69 Å². The van der Waals surface area contributed by atoms with Gasteiger partial charge in [-0.2, -0.15) is 0 Å². The first-order valence-electron chi connectivity index (χ1n) is 7.42. The third-order valence-corrected chi connectivity index (χ3v) is 3.55. The van der Waals surface area contributed by atoms with Gasteiger partial charge in [-0.3, -0.25) is 9.69 Å². The van der Waals surface area contributed by atoms with E-state index >= 15 is 0 Å². The summed E-state index contributed by atoms with van der Waals surface area (Å²) in [5.41, 5.74) is 8.04. The van der Waals surface area contributed by atoms with Crippen molar-refractivity contribution < 1.29 is 0 Å². The Kier molecular flexibility index (Phi) is 5.58. The lowest BCUT2D eigenvalue weighted by molar-refractivity contribution is 0.254. The van der Waals surface area contributed by atoms with E-state index in [-0.39, 0.29) is 5.56 Å². The number of anilines is 1. The van der Waals surface area contributed by atoms with Crippen LogP contribution >= 0.6 is 0 Å². The first-order chi connectivity index (χ1) is 10.2. The zero-order valence-corrected chi connectivity index (χ0v) is 12.5. The van der Waals surface area contributed by atoms with Crippen LogP contribution in [-0.2, 0) is 13.1 Å². The molecule has 2 rings (SSSR count). The Labute approximate surface area is 125 Å². The van der Waals surface area contributed by atoms with Gasteiger partial charge in [0.05, 0.1) is 0 Å². The van der Waals surface area contributed by atoms with E-state index in [9.17, 15) is 4.79 Å². The fourth-order valence-corrected chi connectivity index (χ4v) is 2.40. The van der Waals surface area contributed by atoms with E-state index in [0.717, 1.165) is 37.3 Å². The van der Waals surface area contributed by atoms with Crippen LogP contribution in [0.5, 0.6) is 0 Å². The van der Waals surface area contributed by atoms with Crippen molar-refractivity contribution in [2.45, 2.75) is 26.4 Å². The number of nitrogen functional groups attached to an aromatic ring is 1. The summed E-state index contributed by atoms with van der Waals surface area (Å²) in [5.74, 6) is 0. The molecule has 4 nitrogen and oxygen atoms in total. The van der Waals surface area contributed by atoms with Gasteiger partial charge in [0.15, 0.2) is 0 Å². The summed E-state index contributed by atoms with van der Waals surface area (Å²) in [4.78, 5) is 14.1. The normalized spacial score (nSPS) is 11.0. The molecule has 0 radical (unpaired) electrons. The van der Waals surface area contributed by atoms with Crippen LogP contribution in [0.3, 0.4) is 0 Å². The van der Waals surface area contributed by atoms with Crippen LogP contribution in [0, 0.1) is 0 Å². The van der Waals surface area contributed by atoms with E-state index in [1.165, 1.54) is 0 Å². The molecule has 112 valence electrons. The number of nitrogens with zero attached hydrogens (tertiary/aromatic N) is 2. The summed E-state index contributed by atoms with van der Waals surface area (Å²) in [6, 6.07) is 13.2. The van der Waals surface area contributed by atoms with Crippen molar-refractivity contribution in [2.24, 2.45) is 0 Å². The SMILES string of the molecule is CCCN(CCn1ccccc1=O)Cc1ccccc1N. The number of para-hydroxylation sites is 1. The minimum Gasteiger partial charge on any atom is -0.398 e. The predicted molar refractivity (Wildman–Crippen MR) is 87.1 cm³/mol. The quantitative estimate of drug-likeness (QED) is 0.794. The molecule has 21 heavy (non-hydrogen) atoms. The first kappa shape index (κ1) is 15.3. The number of benzene rings is 1. The van der Waals surface area contributed by atoms with E-state index in [0.29, 0.717) is 6.54 Å². The second kappa shape index (κ2) is 7.64. The van der Waals surface area contributed by atoms with Crippen LogP contribution < -0.4 is 11.3 Å². The van der Waals surface area contributed by atoms with Gasteiger partial charge in [-0.05, 0) is 30.7 Å². The Morgan fingerprint density at radius 2 is 1.86 bits per heavy atom. The third-order valence-electron chi connectivity index (χ3n) is 3.55. The largest absolute Gasteiger partial charge is 0.398 e. The zero-order chi connectivity index (χ0) is 15.1. The molecule has 2 N–H and O–H groups in total. The third kappa shape index (κ3) is 4.46. The summed E-state index contributed by atoms with van der Waals surface area (Å²) in [5, 5.41) is 0. The molecule has 0 saturated carbocycles. The van der Waals surface area contributed by atoms with Crippen LogP contribution in [0.25, 0.3) is 0 Å². The molecule has 0 aliphatic carbocycles. The smallest absolute Gasteiger partial charge is 0.250 e. The molecule has 1 aromatic carbocycles. The van der Waals surface area contributed by atoms with Gasteiger partial charge < -0.3 is 10.3 Å². The molecule has 1 aromatic heterocycles. The average Bonchev–Trinajstić information content (AvgIpc) is 2.48. The maximum Gasteiger partial charge on any atom is 0.250 e. The second-order valence-electron chi connectivity index (χ2n) is 5.21. The van der Waals surface area contributed by atoms with Gasteiger partial charge >= 0.3 is 0 Å². The van der Waals surface area contributed by atoms with Crippen LogP contribution in [0.15, 0.2) is 53.5 Å². The molecule has 0 fully saturated rings. The van der Waals surface area contributed by atoms with Crippen molar-refractivity contribution in [3.05, 3.63) is 64.6 Å². The van der Waals surface area contributed by atoms with Crippen molar-refractivity contribution in [2.75, 3.05) is 18.8 Å². The van der Waals surface area contributed by atoms with E-state index in [4.69, 9.17) is 5.73 Å². The fourth-order valence-electron chi connectivity index (χ4n) is 2.40. The number of hydrogen-bond donors (Lipinski definition) is 1. The Hall–Kier alpha value is -2.07. The van der Waals surface area contributed by atoms with Gasteiger partial charge in [0, 0.05) is 37.6 Å². The summed E-state index contributed by atoms with van der Waals surface area (Å²) < 4.78 is 1.75. The minimum atomic E-state index is 0.0492. The van der Waals surface area contributed by atoms with Gasteiger partial charge in [0.25, 0.3) is 5.56 Å². The van der Waals surface area contributed by atoms with Crippen molar-refractivity contribution in [1.82, 2.24) is 9.47 Å². The standard InChI is InChI=1S/C17H23N3O/c1-2-10-19(14-15-7-3-4-8-16(15)18)12-13-20-11-6-5-9-17(20)21/h3-9,11H,2,10,12-14,18H2,1H3. The molecule has 0 atom stereocenters. The number of rotatable bonds is 7. The van der Waals surface area contributed by atoms with Gasteiger partial charge in [-0.25, -0.2) is 0 Å². The number of hydrogen-bond acceptors (Lipinski definition) is 3. The van der Waals surface area contributed by atoms with Gasteiger partial charge in [0.1, 0.15) is 0 Å².